The van der Waals surface area contributed by atoms with Crippen LogP contribution in [-0.2, 0) is 29.0 Å². The van der Waals surface area contributed by atoms with Gasteiger partial charge in [-0.15, -0.1) is 0 Å². The van der Waals surface area contributed by atoms with Crippen LogP contribution in [0.15, 0.2) is 42.5 Å². The second kappa shape index (κ2) is 11.5. The number of ether oxygens (including phenoxy) is 1. The Morgan fingerprint density at radius 2 is 1.45 bits per heavy atom. The molecule has 5 heteroatoms. The van der Waals surface area contributed by atoms with Crippen molar-refractivity contribution in [1.29, 1.82) is 0 Å². The highest BCUT2D eigenvalue weighted by molar-refractivity contribution is 5.82. The van der Waals surface area contributed by atoms with Crippen molar-refractivity contribution in [3.63, 3.8) is 0 Å². The summed E-state index contributed by atoms with van der Waals surface area (Å²) in [6.45, 7) is 17.6. The number of quaternary nitrogens is 1. The van der Waals surface area contributed by atoms with Crippen molar-refractivity contribution >= 4 is 11.9 Å². The summed E-state index contributed by atoms with van der Waals surface area (Å²) >= 11 is 0. The third-order valence-corrected chi connectivity index (χ3v) is 6.25. The van der Waals surface area contributed by atoms with Crippen molar-refractivity contribution < 1.29 is 18.8 Å². The molecule has 0 heterocycles. The van der Waals surface area contributed by atoms with Crippen LogP contribution in [0.5, 0.6) is 0 Å². The number of ketones is 1. The van der Waals surface area contributed by atoms with Gasteiger partial charge in [0.25, 0.3) is 0 Å². The molecule has 2 rings (SSSR count). The van der Waals surface area contributed by atoms with Crippen LogP contribution in [0.25, 0.3) is 0 Å². The Labute approximate surface area is 199 Å². The highest BCUT2D eigenvalue weighted by atomic mass is 16.6. The number of hydrogen-bond acceptors (Lipinski definition) is 3. The summed E-state index contributed by atoms with van der Waals surface area (Å²) in [6.07, 6.45) is 0.0787. The third-order valence-electron chi connectivity index (χ3n) is 6.25. The highest BCUT2D eigenvalue weighted by Crippen LogP contribution is 2.19. The molecule has 0 aliphatic carbocycles. The molecule has 5 nitrogen and oxygen atoms in total. The first-order chi connectivity index (χ1) is 15.5. The lowest BCUT2D eigenvalue weighted by Gasteiger charge is -2.36. The van der Waals surface area contributed by atoms with Crippen LogP contribution in [0, 0.1) is 13.8 Å². The predicted molar refractivity (Wildman–Crippen MR) is 134 cm³/mol. The van der Waals surface area contributed by atoms with E-state index in [1.165, 1.54) is 16.7 Å². The van der Waals surface area contributed by atoms with Gasteiger partial charge in [0.15, 0.2) is 5.78 Å². The minimum atomic E-state index is -0.509. The number of Topliss-reactive ketones (excluding diaryl/α,β-unsaturated/α-hetero) is 1. The topological polar surface area (TPSA) is 55.4 Å². The fourth-order valence-electron chi connectivity index (χ4n) is 4.12. The summed E-state index contributed by atoms with van der Waals surface area (Å²) in [7, 11) is 0. The number of carbonyl (C=O) groups excluding carboxylic acids is 2. The van der Waals surface area contributed by atoms with Crippen LogP contribution in [0.3, 0.4) is 0 Å². The molecule has 180 valence electrons. The van der Waals surface area contributed by atoms with E-state index < -0.39 is 11.7 Å². The Hall–Kier alpha value is -2.66. The van der Waals surface area contributed by atoms with Gasteiger partial charge in [0.1, 0.15) is 18.7 Å². The predicted octanol–water partition coefficient (Wildman–Crippen LogP) is 5.50. The molecule has 33 heavy (non-hydrogen) atoms. The van der Waals surface area contributed by atoms with Crippen molar-refractivity contribution in [2.45, 2.75) is 73.6 Å². The van der Waals surface area contributed by atoms with Crippen LogP contribution >= 0.6 is 0 Å². The summed E-state index contributed by atoms with van der Waals surface area (Å²) in [6, 6.07) is 14.5. The van der Waals surface area contributed by atoms with Crippen LogP contribution in [0.2, 0.25) is 0 Å². The van der Waals surface area contributed by atoms with Gasteiger partial charge < -0.3 is 14.5 Å². The fourth-order valence-corrected chi connectivity index (χ4v) is 4.12. The van der Waals surface area contributed by atoms with Gasteiger partial charge in [-0.2, -0.15) is 0 Å². The molecule has 1 amide bonds. The van der Waals surface area contributed by atoms with Crippen molar-refractivity contribution in [3.05, 3.63) is 70.3 Å². The van der Waals surface area contributed by atoms with E-state index in [0.717, 1.165) is 35.2 Å². The van der Waals surface area contributed by atoms with Gasteiger partial charge >= 0.3 is 6.09 Å². The Balaban J connectivity index is 2.01. The lowest BCUT2D eigenvalue weighted by Crippen LogP contribution is -2.50. The van der Waals surface area contributed by atoms with E-state index in [-0.39, 0.29) is 5.78 Å². The maximum atomic E-state index is 13.1. The Bertz CT molecular complexity index is 918. The first-order valence-electron chi connectivity index (χ1n) is 11.9. The number of carbonyl (C=O) groups is 2. The molecule has 0 unspecified atom stereocenters. The number of nitrogens with one attached hydrogen (secondary N) is 1. The van der Waals surface area contributed by atoms with E-state index in [1.807, 2.05) is 39.0 Å². The second-order valence-electron chi connectivity index (χ2n) is 10.0. The van der Waals surface area contributed by atoms with Gasteiger partial charge in [0.05, 0.1) is 13.1 Å². The first kappa shape index (κ1) is 26.6. The van der Waals surface area contributed by atoms with Crippen molar-refractivity contribution in [1.82, 2.24) is 5.32 Å². The Kier molecular flexibility index (Phi) is 9.24. The summed E-state index contributed by atoms with van der Waals surface area (Å²) < 4.78 is 6.02. The van der Waals surface area contributed by atoms with E-state index in [2.05, 4.69) is 57.3 Å². The van der Waals surface area contributed by atoms with E-state index in [0.29, 0.717) is 19.5 Å². The number of nitrogens with zero attached hydrogens (tertiary/aromatic N) is 1. The van der Waals surface area contributed by atoms with Gasteiger partial charge in [0, 0.05) is 18.5 Å². The SMILES string of the molecule is CC[N+](CC)(CC(=O)Cc1c(C)cccc1C)Cc1ccc(CNC(=O)OC(C)(C)C)cc1. The van der Waals surface area contributed by atoms with E-state index >= 15 is 0 Å². The number of amides is 1. The van der Waals surface area contributed by atoms with Crippen LogP contribution in [0.4, 0.5) is 4.79 Å². The molecule has 2 aromatic rings. The minimum absolute atomic E-state index is 0.286. The summed E-state index contributed by atoms with van der Waals surface area (Å²) in [5.74, 6) is 0.286. The summed E-state index contributed by atoms with van der Waals surface area (Å²) in [4.78, 5) is 24.9. The minimum Gasteiger partial charge on any atom is -0.444 e. The molecule has 0 aliphatic rings. The molecule has 0 saturated carbocycles. The van der Waals surface area contributed by atoms with Gasteiger partial charge in [0.2, 0.25) is 0 Å². The zero-order valence-electron chi connectivity index (χ0n) is 21.5. The number of likely N-dealkylation sites (N-methyl/N-ethyl adjacent to an activating group) is 1. The maximum absolute atomic E-state index is 13.1. The van der Waals surface area contributed by atoms with E-state index in [9.17, 15) is 9.59 Å². The lowest BCUT2D eigenvalue weighted by atomic mass is 9.97. The van der Waals surface area contributed by atoms with Gasteiger partial charge in [-0.25, -0.2) is 4.79 Å². The molecule has 1 N–H and O–H groups in total. The molecule has 0 bridgehead atoms. The zero-order valence-corrected chi connectivity index (χ0v) is 21.5. The molecule has 2 aromatic carbocycles. The highest BCUT2D eigenvalue weighted by Gasteiger charge is 2.28. The molecular formula is C28H41N2O3+. The number of hydrogen-bond donors (Lipinski definition) is 1. The van der Waals surface area contributed by atoms with Crippen LogP contribution < -0.4 is 5.32 Å². The molecule has 0 radical (unpaired) electrons. The molecule has 0 atom stereocenters. The molecule has 0 aromatic heterocycles. The average molecular weight is 454 g/mol. The standard InChI is InChI=1S/C28H40N2O3/c1-8-30(9-2,20-25(31)17-26-21(3)11-10-12-22(26)4)19-24-15-13-23(14-16-24)18-29-27(32)33-28(5,6)7/h10-16H,8-9,17-20H2,1-7H3/p+1. The summed E-state index contributed by atoms with van der Waals surface area (Å²) in [5, 5.41) is 2.79. The first-order valence-corrected chi connectivity index (χ1v) is 11.9. The van der Waals surface area contributed by atoms with Crippen molar-refractivity contribution in [2.75, 3.05) is 19.6 Å². The lowest BCUT2D eigenvalue weighted by molar-refractivity contribution is -0.930. The Morgan fingerprint density at radius 3 is 1.97 bits per heavy atom. The molecule has 0 spiro atoms. The molecule has 0 fully saturated rings. The van der Waals surface area contributed by atoms with Gasteiger partial charge in [-0.3, -0.25) is 4.79 Å². The monoisotopic (exact) mass is 453 g/mol. The smallest absolute Gasteiger partial charge is 0.407 e. The van der Waals surface area contributed by atoms with Crippen LogP contribution in [0.1, 0.15) is 62.4 Å². The second-order valence-corrected chi connectivity index (χ2v) is 10.0. The number of alkyl carbamates (subject to hydrolysis) is 1. The maximum Gasteiger partial charge on any atom is 0.407 e. The fraction of sp³-hybridized carbons (Fsp3) is 0.500. The van der Waals surface area contributed by atoms with Crippen molar-refractivity contribution in [3.8, 4) is 0 Å². The molecule has 0 aliphatic heterocycles. The van der Waals surface area contributed by atoms with Crippen molar-refractivity contribution in [2.24, 2.45) is 0 Å². The largest absolute Gasteiger partial charge is 0.444 e. The quantitative estimate of drug-likeness (QED) is 0.484. The van der Waals surface area contributed by atoms with E-state index in [4.69, 9.17) is 4.74 Å². The van der Waals surface area contributed by atoms with Crippen LogP contribution in [-0.4, -0.2) is 41.6 Å². The zero-order chi connectivity index (χ0) is 24.6. The number of rotatable bonds is 10. The van der Waals surface area contributed by atoms with Gasteiger partial charge in [-0.05, 0) is 70.7 Å². The van der Waals surface area contributed by atoms with E-state index in [1.54, 1.807) is 0 Å². The number of benzene rings is 2. The Morgan fingerprint density at radius 1 is 0.909 bits per heavy atom. The third kappa shape index (κ3) is 8.32. The number of aryl methyl sites for hydroxylation is 2. The molecule has 0 saturated heterocycles. The van der Waals surface area contributed by atoms with Gasteiger partial charge in [-0.1, -0.05) is 42.5 Å². The molecular weight excluding hydrogens is 412 g/mol. The normalized spacial score (nSPS) is 11.8. The summed E-state index contributed by atoms with van der Waals surface area (Å²) in [5.41, 5.74) is 5.23. The average Bonchev–Trinajstić information content (AvgIpc) is 2.74.